The molecule has 0 aromatic rings. The van der Waals surface area contributed by atoms with Crippen LogP contribution in [0.5, 0.6) is 0 Å². The molecule has 0 heterocycles. The maximum atomic E-state index is 10.7. The van der Waals surface area contributed by atoms with Crippen LogP contribution in [0, 0.1) is 5.92 Å². The molecule has 13 heavy (non-hydrogen) atoms. The Kier molecular flexibility index (Phi) is 3.88. The molecule has 0 radical (unpaired) electrons. The Bertz CT molecular complexity index is 173. The van der Waals surface area contributed by atoms with Crippen LogP contribution in [0.15, 0.2) is 0 Å². The Hall–Kier alpha value is -0.410. The van der Waals surface area contributed by atoms with Gasteiger partial charge in [-0.3, -0.25) is 0 Å². The molecule has 1 aliphatic carbocycles. The highest BCUT2D eigenvalue weighted by Crippen LogP contribution is 2.23. The SMILES string of the molecule is CC(=O)C[C@@H](C)COC1CC(O)C1. The zero-order valence-corrected chi connectivity index (χ0v) is 8.32. The van der Waals surface area contributed by atoms with Gasteiger partial charge in [-0.2, -0.15) is 0 Å². The fourth-order valence-corrected chi connectivity index (χ4v) is 1.52. The van der Waals surface area contributed by atoms with Gasteiger partial charge in [0.15, 0.2) is 0 Å². The van der Waals surface area contributed by atoms with Crippen molar-refractivity contribution in [2.75, 3.05) is 6.61 Å². The number of Topliss-reactive ketones (excluding diaryl/α,β-unsaturated/α-hetero) is 1. The number of carbonyl (C=O) groups excluding carboxylic acids is 1. The summed E-state index contributed by atoms with van der Waals surface area (Å²) in [5.74, 6) is 0.514. The number of aliphatic hydroxyl groups excluding tert-OH is 1. The lowest BCUT2D eigenvalue weighted by atomic mass is 9.92. The van der Waals surface area contributed by atoms with Crippen LogP contribution >= 0.6 is 0 Å². The molecule has 0 aromatic heterocycles. The van der Waals surface area contributed by atoms with E-state index in [1.807, 2.05) is 6.92 Å². The van der Waals surface area contributed by atoms with Crippen molar-refractivity contribution in [3.8, 4) is 0 Å². The minimum Gasteiger partial charge on any atom is -0.393 e. The smallest absolute Gasteiger partial charge is 0.130 e. The number of hydrogen-bond donors (Lipinski definition) is 1. The number of carbonyl (C=O) groups is 1. The van der Waals surface area contributed by atoms with Gasteiger partial charge in [-0.05, 0) is 25.7 Å². The number of aliphatic hydroxyl groups is 1. The molecule has 0 spiro atoms. The first-order valence-corrected chi connectivity index (χ1v) is 4.87. The molecule has 0 aromatic carbocycles. The average molecular weight is 186 g/mol. The van der Waals surface area contributed by atoms with E-state index in [1.165, 1.54) is 0 Å². The molecule has 76 valence electrons. The molecular formula is C10H18O3. The molecule has 0 amide bonds. The van der Waals surface area contributed by atoms with E-state index in [2.05, 4.69) is 0 Å². The molecule has 1 N–H and O–H groups in total. The molecular weight excluding hydrogens is 168 g/mol. The minimum atomic E-state index is -0.159. The van der Waals surface area contributed by atoms with Gasteiger partial charge in [-0.15, -0.1) is 0 Å². The molecule has 1 fully saturated rings. The summed E-state index contributed by atoms with van der Waals surface area (Å²) in [4.78, 5) is 10.7. The number of ketones is 1. The fourth-order valence-electron chi connectivity index (χ4n) is 1.52. The molecule has 1 atom stereocenters. The molecule has 0 aliphatic heterocycles. The summed E-state index contributed by atoms with van der Waals surface area (Å²) >= 11 is 0. The topological polar surface area (TPSA) is 46.5 Å². The standard InChI is InChI=1S/C10H18O3/c1-7(3-8(2)11)6-13-10-4-9(12)5-10/h7,9-10,12H,3-6H2,1-2H3/t7-,9?,10?/m1/s1. The largest absolute Gasteiger partial charge is 0.393 e. The van der Waals surface area contributed by atoms with Crippen molar-refractivity contribution in [1.82, 2.24) is 0 Å². The van der Waals surface area contributed by atoms with Crippen molar-refractivity contribution in [2.45, 2.75) is 45.3 Å². The maximum absolute atomic E-state index is 10.7. The van der Waals surface area contributed by atoms with E-state index in [9.17, 15) is 4.79 Å². The van der Waals surface area contributed by atoms with E-state index < -0.39 is 0 Å². The van der Waals surface area contributed by atoms with Gasteiger partial charge in [0.05, 0.1) is 12.2 Å². The minimum absolute atomic E-state index is 0.159. The first-order chi connectivity index (χ1) is 6.08. The van der Waals surface area contributed by atoms with Crippen molar-refractivity contribution in [3.05, 3.63) is 0 Å². The summed E-state index contributed by atoms with van der Waals surface area (Å²) < 4.78 is 5.50. The van der Waals surface area contributed by atoms with E-state index >= 15 is 0 Å². The summed E-state index contributed by atoms with van der Waals surface area (Å²) in [6.07, 6.45) is 2.17. The monoisotopic (exact) mass is 186 g/mol. The van der Waals surface area contributed by atoms with Crippen LogP contribution in [-0.2, 0) is 9.53 Å². The van der Waals surface area contributed by atoms with Crippen LogP contribution in [0.4, 0.5) is 0 Å². The molecule has 3 heteroatoms. The van der Waals surface area contributed by atoms with E-state index in [0.29, 0.717) is 18.9 Å². The lowest BCUT2D eigenvalue weighted by molar-refractivity contribution is -0.119. The number of hydrogen-bond acceptors (Lipinski definition) is 3. The Morgan fingerprint density at radius 3 is 2.69 bits per heavy atom. The van der Waals surface area contributed by atoms with Crippen molar-refractivity contribution < 1.29 is 14.6 Å². The van der Waals surface area contributed by atoms with Gasteiger partial charge in [0.25, 0.3) is 0 Å². The second-order valence-corrected chi connectivity index (χ2v) is 4.09. The first kappa shape index (κ1) is 10.7. The third kappa shape index (κ3) is 3.87. The molecule has 1 saturated carbocycles. The van der Waals surface area contributed by atoms with Crippen LogP contribution in [0.3, 0.4) is 0 Å². The third-order valence-corrected chi connectivity index (χ3v) is 2.32. The summed E-state index contributed by atoms with van der Waals surface area (Å²) in [5.41, 5.74) is 0. The summed E-state index contributed by atoms with van der Waals surface area (Å²) in [7, 11) is 0. The van der Waals surface area contributed by atoms with Gasteiger partial charge in [0.1, 0.15) is 5.78 Å². The maximum Gasteiger partial charge on any atom is 0.130 e. The average Bonchev–Trinajstić information content (AvgIpc) is 1.94. The summed E-state index contributed by atoms with van der Waals surface area (Å²) in [5, 5.41) is 8.99. The van der Waals surface area contributed by atoms with Gasteiger partial charge < -0.3 is 14.6 Å². The van der Waals surface area contributed by atoms with Crippen LogP contribution in [0.2, 0.25) is 0 Å². The highest BCUT2D eigenvalue weighted by atomic mass is 16.5. The van der Waals surface area contributed by atoms with E-state index in [1.54, 1.807) is 6.92 Å². The second kappa shape index (κ2) is 4.72. The number of ether oxygens (including phenoxy) is 1. The molecule has 0 unspecified atom stereocenters. The second-order valence-electron chi connectivity index (χ2n) is 4.09. The Labute approximate surface area is 79.1 Å². The summed E-state index contributed by atoms with van der Waals surface area (Å²) in [6.45, 7) is 4.25. The Morgan fingerprint density at radius 1 is 1.62 bits per heavy atom. The highest BCUT2D eigenvalue weighted by molar-refractivity contribution is 5.75. The molecule has 0 saturated heterocycles. The van der Waals surface area contributed by atoms with E-state index in [-0.39, 0.29) is 18.0 Å². The van der Waals surface area contributed by atoms with Crippen molar-refractivity contribution in [2.24, 2.45) is 5.92 Å². The molecule has 0 bridgehead atoms. The van der Waals surface area contributed by atoms with Crippen LogP contribution in [0.25, 0.3) is 0 Å². The fraction of sp³-hybridized carbons (Fsp3) is 0.900. The zero-order valence-electron chi connectivity index (χ0n) is 8.32. The van der Waals surface area contributed by atoms with E-state index in [0.717, 1.165) is 12.8 Å². The van der Waals surface area contributed by atoms with Crippen LogP contribution in [-0.4, -0.2) is 29.7 Å². The highest BCUT2D eigenvalue weighted by Gasteiger charge is 2.28. The van der Waals surface area contributed by atoms with Crippen molar-refractivity contribution >= 4 is 5.78 Å². The van der Waals surface area contributed by atoms with Gasteiger partial charge in [0, 0.05) is 13.0 Å². The molecule has 1 aliphatic rings. The van der Waals surface area contributed by atoms with Gasteiger partial charge in [-0.1, -0.05) is 6.92 Å². The first-order valence-electron chi connectivity index (χ1n) is 4.87. The Morgan fingerprint density at radius 2 is 2.23 bits per heavy atom. The third-order valence-electron chi connectivity index (χ3n) is 2.32. The predicted molar refractivity (Wildman–Crippen MR) is 49.4 cm³/mol. The normalized spacial score (nSPS) is 29.5. The lowest BCUT2D eigenvalue weighted by Crippen LogP contribution is -2.36. The van der Waals surface area contributed by atoms with Gasteiger partial charge in [0.2, 0.25) is 0 Å². The van der Waals surface area contributed by atoms with Crippen molar-refractivity contribution in [1.29, 1.82) is 0 Å². The zero-order chi connectivity index (χ0) is 9.84. The predicted octanol–water partition coefficient (Wildman–Crippen LogP) is 1.14. The Balaban J connectivity index is 2.02. The van der Waals surface area contributed by atoms with Crippen LogP contribution < -0.4 is 0 Å². The van der Waals surface area contributed by atoms with Gasteiger partial charge in [-0.25, -0.2) is 0 Å². The van der Waals surface area contributed by atoms with E-state index in [4.69, 9.17) is 9.84 Å². The van der Waals surface area contributed by atoms with Gasteiger partial charge >= 0.3 is 0 Å². The van der Waals surface area contributed by atoms with Crippen LogP contribution in [0.1, 0.15) is 33.1 Å². The number of rotatable bonds is 5. The quantitative estimate of drug-likeness (QED) is 0.700. The van der Waals surface area contributed by atoms with Crippen molar-refractivity contribution in [3.63, 3.8) is 0 Å². The molecule has 3 nitrogen and oxygen atoms in total. The summed E-state index contributed by atoms with van der Waals surface area (Å²) in [6, 6.07) is 0. The lowest BCUT2D eigenvalue weighted by Gasteiger charge is -2.31. The molecule has 1 rings (SSSR count).